The number of terminal acetylenes is 2. The van der Waals surface area contributed by atoms with Crippen molar-refractivity contribution in [3.8, 4) is 118 Å². The maximum Gasteiger partial charge on any atom is 0.143 e. The molecule has 0 aliphatic carbocycles. The number of aromatic amines is 2. The quantitative estimate of drug-likeness (QED) is 0.138. The number of nitriles is 2. The molecule has 0 atom stereocenters. The number of aromatic nitrogens is 6. The Balaban J connectivity index is 0.000000282. The summed E-state index contributed by atoms with van der Waals surface area (Å²) in [5.41, 5.74) is 6.52. The fourth-order valence-corrected chi connectivity index (χ4v) is 4.74. The molecule has 270 valence electrons. The number of benzene rings is 2. The van der Waals surface area contributed by atoms with Crippen molar-refractivity contribution in [1.29, 1.82) is 10.5 Å². The van der Waals surface area contributed by atoms with Gasteiger partial charge in [-0.2, -0.15) is 10.5 Å². The molecule has 11 heteroatoms. The van der Waals surface area contributed by atoms with Crippen LogP contribution in [0.3, 0.4) is 0 Å². The maximum absolute atomic E-state index is 9.02. The fourth-order valence-electron chi connectivity index (χ4n) is 4.50. The molecule has 3 N–H and O–H groups in total. The molecule has 0 aliphatic rings. The van der Waals surface area contributed by atoms with Gasteiger partial charge in [-0.1, -0.05) is 43.3 Å². The number of fused-ring (bicyclic) bond motifs is 2. The van der Waals surface area contributed by atoms with Crippen LogP contribution in [0.25, 0.3) is 44.3 Å². The normalized spacial score (nSPS) is 8.30. The SMILES string of the molecule is C.C#CC#CC#CC#CC#CC#CC#C.CN(C)c1ncnc2[nH]cc(-c3cccc(C#N)c3)c12.CNC.N#Cc1cccc(-c2c[nH]c3ncnc(Cl)c23)c1. The van der Waals surface area contributed by atoms with Gasteiger partial charge in [-0.3, -0.25) is 0 Å². The molecule has 0 aliphatic heterocycles. The third-order valence-corrected chi connectivity index (χ3v) is 6.90. The molecule has 2 aromatic carbocycles. The molecule has 6 aromatic rings. The molecule has 0 amide bonds. The number of nitrogens with zero attached hydrogens (tertiary/aromatic N) is 7. The van der Waals surface area contributed by atoms with Gasteiger partial charge in [0, 0.05) is 37.6 Å². The van der Waals surface area contributed by atoms with Crippen molar-refractivity contribution in [2.24, 2.45) is 0 Å². The summed E-state index contributed by atoms with van der Waals surface area (Å²) < 4.78 is 0. The molecular weight excluding hydrogens is 716 g/mol. The molecule has 0 saturated heterocycles. The Hall–Kier alpha value is -8.37. The smallest absolute Gasteiger partial charge is 0.143 e. The zero-order valence-corrected chi connectivity index (χ0v) is 30.8. The third-order valence-electron chi connectivity index (χ3n) is 6.61. The number of halogens is 1. The Morgan fingerprint density at radius 2 is 1.05 bits per heavy atom. The van der Waals surface area contributed by atoms with Gasteiger partial charge in [0.15, 0.2) is 0 Å². The van der Waals surface area contributed by atoms with E-state index < -0.39 is 0 Å². The first-order valence-corrected chi connectivity index (χ1v) is 16.2. The molecule has 0 bridgehead atoms. The van der Waals surface area contributed by atoms with Crippen LogP contribution in [-0.4, -0.2) is 58.1 Å². The summed E-state index contributed by atoms with van der Waals surface area (Å²) in [7, 11) is 7.65. The number of H-pyrrole nitrogens is 2. The second kappa shape index (κ2) is 24.0. The lowest BCUT2D eigenvalue weighted by Crippen LogP contribution is -2.11. The van der Waals surface area contributed by atoms with Gasteiger partial charge in [0.2, 0.25) is 0 Å². The molecular formula is C45H33ClN10. The summed E-state index contributed by atoms with van der Waals surface area (Å²) in [6.07, 6.45) is 16.4. The van der Waals surface area contributed by atoms with E-state index in [0.29, 0.717) is 21.9 Å². The van der Waals surface area contributed by atoms with Crippen LogP contribution >= 0.6 is 11.6 Å². The largest absolute Gasteiger partial charge is 0.362 e. The summed E-state index contributed by atoms with van der Waals surface area (Å²) in [6.45, 7) is 0. The molecule has 10 nitrogen and oxygen atoms in total. The van der Waals surface area contributed by atoms with Gasteiger partial charge in [-0.25, -0.2) is 19.9 Å². The molecule has 0 radical (unpaired) electrons. The first kappa shape index (κ1) is 43.8. The van der Waals surface area contributed by atoms with Gasteiger partial charge in [0.05, 0.1) is 34.0 Å². The summed E-state index contributed by atoms with van der Waals surface area (Å²) in [4.78, 5) is 24.8. The standard InChI is InChI=1S/C15H13N5.C14H2.C13H7ClN4.C2H7N.CH4/c1-20(2)15-13-12(8-17-14(13)18-9-19-15)11-5-3-4-10(6-11)7-16;1-3-5-7-9-11-13-14-12-10-8-6-4-2;14-12-11-10(6-16-13(11)18-7-17-12)9-3-1-2-8(4-9)5-15;1-3-2;/h3-6,8-9H,1-2H3,(H,17,18,19);1-2H;1-4,6-7H,(H,16,17,18);3H,1-2H3;1H4. The Labute approximate surface area is 332 Å². The van der Waals surface area contributed by atoms with Crippen LogP contribution in [0.5, 0.6) is 0 Å². The lowest BCUT2D eigenvalue weighted by molar-refractivity contribution is 1.02. The van der Waals surface area contributed by atoms with Gasteiger partial charge in [-0.15, -0.1) is 12.8 Å². The average molecular weight is 749 g/mol. The monoisotopic (exact) mass is 748 g/mol. The molecule has 0 saturated carbocycles. The summed E-state index contributed by atoms with van der Waals surface area (Å²) in [5.74, 6) is 29.1. The minimum Gasteiger partial charge on any atom is -0.362 e. The minimum atomic E-state index is 0. The van der Waals surface area contributed by atoms with Crippen LogP contribution in [0.15, 0.2) is 73.6 Å². The van der Waals surface area contributed by atoms with Crippen LogP contribution in [-0.2, 0) is 0 Å². The first-order chi connectivity index (χ1) is 26.8. The van der Waals surface area contributed by atoms with E-state index >= 15 is 0 Å². The van der Waals surface area contributed by atoms with Gasteiger partial charge in [0.1, 0.15) is 34.9 Å². The number of hydrogen-bond donors (Lipinski definition) is 3. The van der Waals surface area contributed by atoms with Crippen molar-refractivity contribution in [3.05, 3.63) is 89.9 Å². The van der Waals surface area contributed by atoms with Crippen LogP contribution in [0, 0.1) is 107 Å². The zero-order chi connectivity index (χ0) is 39.8. The van der Waals surface area contributed by atoms with Crippen molar-refractivity contribution >= 4 is 39.5 Å². The zero-order valence-electron chi connectivity index (χ0n) is 30.1. The molecule has 0 spiro atoms. The van der Waals surface area contributed by atoms with Crippen LogP contribution in [0.2, 0.25) is 5.15 Å². The Morgan fingerprint density at radius 3 is 1.48 bits per heavy atom. The fraction of sp³-hybridized carbons (Fsp3) is 0.111. The van der Waals surface area contributed by atoms with Crippen molar-refractivity contribution in [1.82, 2.24) is 35.2 Å². The lowest BCUT2D eigenvalue weighted by atomic mass is 10.0. The summed E-state index contributed by atoms with van der Waals surface area (Å²) in [5, 5.41) is 22.8. The van der Waals surface area contributed by atoms with E-state index in [1.807, 2.05) is 81.9 Å². The van der Waals surface area contributed by atoms with Crippen LogP contribution < -0.4 is 10.2 Å². The van der Waals surface area contributed by atoms with Crippen LogP contribution in [0.4, 0.5) is 5.82 Å². The van der Waals surface area contributed by atoms with Crippen molar-refractivity contribution in [2.75, 3.05) is 33.1 Å². The molecule has 4 aromatic heterocycles. The van der Waals surface area contributed by atoms with Crippen LogP contribution in [0.1, 0.15) is 18.6 Å². The number of hydrogen-bond acceptors (Lipinski definition) is 8. The summed E-state index contributed by atoms with van der Waals surface area (Å²) >= 11 is 6.09. The molecule has 56 heavy (non-hydrogen) atoms. The van der Waals surface area contributed by atoms with Crippen molar-refractivity contribution in [2.45, 2.75) is 7.43 Å². The summed E-state index contributed by atoms with van der Waals surface area (Å²) in [6, 6.07) is 19.1. The highest BCUT2D eigenvalue weighted by Crippen LogP contribution is 2.33. The Bertz CT molecular complexity index is 2740. The van der Waals surface area contributed by atoms with Gasteiger partial charge in [0.25, 0.3) is 0 Å². The van der Waals surface area contributed by atoms with E-state index in [4.69, 9.17) is 35.0 Å². The lowest BCUT2D eigenvalue weighted by Gasteiger charge is -2.13. The topological polar surface area (TPSA) is 146 Å². The Morgan fingerprint density at radius 1 is 0.643 bits per heavy atom. The van der Waals surface area contributed by atoms with E-state index in [0.717, 1.165) is 44.5 Å². The van der Waals surface area contributed by atoms with E-state index in [-0.39, 0.29) is 7.43 Å². The maximum atomic E-state index is 9.02. The van der Waals surface area contributed by atoms with E-state index in [1.54, 1.807) is 18.5 Å². The number of rotatable bonds is 3. The highest BCUT2D eigenvalue weighted by atomic mass is 35.5. The predicted octanol–water partition coefficient (Wildman–Crippen LogP) is 6.45. The molecule has 0 unspecified atom stereocenters. The van der Waals surface area contributed by atoms with E-state index in [1.165, 1.54) is 6.33 Å². The predicted molar refractivity (Wildman–Crippen MR) is 226 cm³/mol. The second-order valence-corrected chi connectivity index (χ2v) is 10.9. The van der Waals surface area contributed by atoms with E-state index in [9.17, 15) is 0 Å². The van der Waals surface area contributed by atoms with Crippen molar-refractivity contribution < 1.29 is 0 Å². The van der Waals surface area contributed by atoms with Gasteiger partial charge >= 0.3 is 0 Å². The van der Waals surface area contributed by atoms with Crippen molar-refractivity contribution in [3.63, 3.8) is 0 Å². The average Bonchev–Trinajstić information content (AvgIpc) is 3.85. The van der Waals surface area contributed by atoms with Gasteiger partial charge < -0.3 is 20.2 Å². The second-order valence-electron chi connectivity index (χ2n) is 10.5. The highest BCUT2D eigenvalue weighted by Gasteiger charge is 2.14. The number of nitrogens with one attached hydrogen (secondary N) is 3. The van der Waals surface area contributed by atoms with E-state index in [2.05, 4.69) is 118 Å². The molecule has 6 rings (SSSR count). The Kier molecular flexibility index (Phi) is 18.8. The molecule has 4 heterocycles. The van der Waals surface area contributed by atoms with Gasteiger partial charge in [-0.05, 0) is 121 Å². The minimum absolute atomic E-state index is 0. The molecule has 0 fully saturated rings. The highest BCUT2D eigenvalue weighted by molar-refractivity contribution is 6.35. The third kappa shape index (κ3) is 12.7. The first-order valence-electron chi connectivity index (χ1n) is 15.8. The number of anilines is 1.